The molecule has 156 valence electrons. The minimum atomic E-state index is 1.09. The van der Waals surface area contributed by atoms with E-state index in [4.69, 9.17) is 0 Å². The van der Waals surface area contributed by atoms with Gasteiger partial charge in [0.05, 0.1) is 0 Å². The Morgan fingerprint density at radius 3 is 1.65 bits per heavy atom. The SMILES string of the molecule is CC.CCc1ccc(-c2cccc3ccccc23)cc1.Cc1cccc2ccccc12. The first kappa shape index (κ1) is 22.3. The van der Waals surface area contributed by atoms with E-state index >= 15 is 0 Å². The monoisotopic (exact) mass is 404 g/mol. The summed E-state index contributed by atoms with van der Waals surface area (Å²) in [5, 5.41) is 5.31. The molecule has 0 spiro atoms. The van der Waals surface area contributed by atoms with Gasteiger partial charge in [-0.15, -0.1) is 0 Å². The average molecular weight is 405 g/mol. The molecule has 0 saturated carbocycles. The number of hydrogen-bond acceptors (Lipinski definition) is 0. The molecule has 0 radical (unpaired) electrons. The Bertz CT molecular complexity index is 1220. The maximum atomic E-state index is 2.22. The van der Waals surface area contributed by atoms with E-state index in [1.165, 1.54) is 43.8 Å². The fourth-order valence-electron chi connectivity index (χ4n) is 3.78. The summed E-state index contributed by atoms with van der Waals surface area (Å²) in [6, 6.07) is 38.8. The Labute approximate surface area is 187 Å². The van der Waals surface area contributed by atoms with E-state index in [9.17, 15) is 0 Å². The van der Waals surface area contributed by atoms with E-state index in [1.807, 2.05) is 13.8 Å². The van der Waals surface area contributed by atoms with Crippen molar-refractivity contribution in [3.05, 3.63) is 120 Å². The van der Waals surface area contributed by atoms with Gasteiger partial charge in [-0.2, -0.15) is 0 Å². The van der Waals surface area contributed by atoms with Gasteiger partial charge in [0.1, 0.15) is 0 Å². The Morgan fingerprint density at radius 1 is 0.516 bits per heavy atom. The molecule has 0 heteroatoms. The lowest BCUT2D eigenvalue weighted by Gasteiger charge is -2.07. The molecule has 5 rings (SSSR count). The van der Waals surface area contributed by atoms with Crippen LogP contribution in [-0.2, 0) is 6.42 Å². The smallest absolute Gasteiger partial charge is 0.0105 e. The molecular formula is C31H32. The average Bonchev–Trinajstić information content (AvgIpc) is 2.86. The van der Waals surface area contributed by atoms with Gasteiger partial charge in [-0.3, -0.25) is 0 Å². The molecule has 0 bridgehead atoms. The third-order valence-corrected chi connectivity index (χ3v) is 5.47. The van der Waals surface area contributed by atoms with Crippen molar-refractivity contribution in [2.45, 2.75) is 34.1 Å². The molecule has 0 saturated heterocycles. The molecule has 5 aromatic rings. The van der Waals surface area contributed by atoms with Crippen molar-refractivity contribution in [2.75, 3.05) is 0 Å². The van der Waals surface area contributed by atoms with Crippen molar-refractivity contribution in [1.29, 1.82) is 0 Å². The third-order valence-electron chi connectivity index (χ3n) is 5.47. The van der Waals surface area contributed by atoms with Crippen LogP contribution in [0.1, 0.15) is 31.9 Å². The highest BCUT2D eigenvalue weighted by Crippen LogP contribution is 2.28. The van der Waals surface area contributed by atoms with Crippen LogP contribution in [0.2, 0.25) is 0 Å². The van der Waals surface area contributed by atoms with Crippen molar-refractivity contribution < 1.29 is 0 Å². The highest BCUT2D eigenvalue weighted by molar-refractivity contribution is 5.96. The van der Waals surface area contributed by atoms with Gasteiger partial charge in [0.15, 0.2) is 0 Å². The molecule has 0 N–H and O–H groups in total. The maximum Gasteiger partial charge on any atom is -0.0105 e. The second-order valence-electron chi connectivity index (χ2n) is 7.37. The normalized spacial score (nSPS) is 10.1. The van der Waals surface area contributed by atoms with Crippen LogP contribution in [0.4, 0.5) is 0 Å². The van der Waals surface area contributed by atoms with Crippen LogP contribution in [0.15, 0.2) is 109 Å². The first-order valence-electron chi connectivity index (χ1n) is 11.3. The first-order chi connectivity index (χ1) is 15.3. The van der Waals surface area contributed by atoms with Crippen LogP contribution in [0.5, 0.6) is 0 Å². The van der Waals surface area contributed by atoms with Crippen LogP contribution >= 0.6 is 0 Å². The van der Waals surface area contributed by atoms with Crippen LogP contribution in [-0.4, -0.2) is 0 Å². The number of aryl methyl sites for hydroxylation is 2. The topological polar surface area (TPSA) is 0 Å². The molecule has 0 atom stereocenters. The largest absolute Gasteiger partial charge is 0.0683 e. The molecule has 0 amide bonds. The molecule has 0 unspecified atom stereocenters. The van der Waals surface area contributed by atoms with Gasteiger partial charge < -0.3 is 0 Å². The zero-order chi connectivity index (χ0) is 22.1. The van der Waals surface area contributed by atoms with Gasteiger partial charge in [0.2, 0.25) is 0 Å². The molecule has 5 aromatic carbocycles. The van der Waals surface area contributed by atoms with Gasteiger partial charge in [0.25, 0.3) is 0 Å². The summed E-state index contributed by atoms with van der Waals surface area (Å²) in [7, 11) is 0. The predicted molar refractivity (Wildman–Crippen MR) is 139 cm³/mol. The molecular weight excluding hydrogens is 372 g/mol. The fourth-order valence-corrected chi connectivity index (χ4v) is 3.78. The number of fused-ring (bicyclic) bond motifs is 2. The molecule has 0 aliphatic heterocycles. The van der Waals surface area contributed by atoms with Crippen LogP contribution < -0.4 is 0 Å². The standard InChI is InChI=1S/C18H16.C11H10.C2H6/c1-2-14-10-12-16(13-11-14)18-9-5-7-15-6-3-4-8-17(15)18;1-9-5-4-7-10-6-2-3-8-11(9)10;1-2/h3-13H,2H2,1H3;2-8H,1H3;1-2H3. The van der Waals surface area contributed by atoms with Crippen molar-refractivity contribution in [2.24, 2.45) is 0 Å². The van der Waals surface area contributed by atoms with Crippen molar-refractivity contribution in [1.82, 2.24) is 0 Å². The summed E-state index contributed by atoms with van der Waals surface area (Å²) < 4.78 is 0. The quantitative estimate of drug-likeness (QED) is 0.275. The Balaban J connectivity index is 0.000000179. The summed E-state index contributed by atoms with van der Waals surface area (Å²) in [5.41, 5.74) is 5.35. The van der Waals surface area contributed by atoms with E-state index in [-0.39, 0.29) is 0 Å². The van der Waals surface area contributed by atoms with Gasteiger partial charge in [-0.05, 0) is 57.1 Å². The fraction of sp³-hybridized carbons (Fsp3) is 0.161. The van der Waals surface area contributed by atoms with Gasteiger partial charge in [-0.1, -0.05) is 130 Å². The van der Waals surface area contributed by atoms with Crippen molar-refractivity contribution >= 4 is 21.5 Å². The lowest BCUT2D eigenvalue weighted by Crippen LogP contribution is -1.83. The van der Waals surface area contributed by atoms with Crippen LogP contribution in [0.25, 0.3) is 32.7 Å². The number of rotatable bonds is 2. The first-order valence-corrected chi connectivity index (χ1v) is 11.3. The molecule has 0 aromatic heterocycles. The molecule has 0 aliphatic rings. The second-order valence-corrected chi connectivity index (χ2v) is 7.37. The molecule has 31 heavy (non-hydrogen) atoms. The lowest BCUT2D eigenvalue weighted by atomic mass is 9.97. The zero-order valence-corrected chi connectivity index (χ0v) is 19.1. The Kier molecular flexibility index (Phi) is 8.01. The van der Waals surface area contributed by atoms with E-state index in [2.05, 4.69) is 123 Å². The second kappa shape index (κ2) is 11.1. The van der Waals surface area contributed by atoms with Gasteiger partial charge in [-0.25, -0.2) is 0 Å². The third kappa shape index (κ3) is 5.41. The predicted octanol–water partition coefficient (Wildman–Crippen LogP) is 9.24. The molecule has 0 heterocycles. The summed E-state index contributed by atoms with van der Waals surface area (Å²) in [6.45, 7) is 8.33. The maximum absolute atomic E-state index is 2.22. The number of benzene rings is 5. The summed E-state index contributed by atoms with van der Waals surface area (Å²) in [5.74, 6) is 0. The van der Waals surface area contributed by atoms with Crippen molar-refractivity contribution in [3.8, 4) is 11.1 Å². The number of hydrogen-bond donors (Lipinski definition) is 0. The summed E-state index contributed by atoms with van der Waals surface area (Å²) >= 11 is 0. The van der Waals surface area contributed by atoms with E-state index in [1.54, 1.807) is 0 Å². The van der Waals surface area contributed by atoms with Crippen LogP contribution in [0.3, 0.4) is 0 Å². The van der Waals surface area contributed by atoms with E-state index < -0.39 is 0 Å². The lowest BCUT2D eigenvalue weighted by molar-refractivity contribution is 1.14. The summed E-state index contributed by atoms with van der Waals surface area (Å²) in [4.78, 5) is 0. The van der Waals surface area contributed by atoms with E-state index in [0.717, 1.165) is 6.42 Å². The Hall–Kier alpha value is -3.38. The molecule has 0 aliphatic carbocycles. The zero-order valence-electron chi connectivity index (χ0n) is 19.1. The highest BCUT2D eigenvalue weighted by Gasteiger charge is 2.02. The summed E-state index contributed by atoms with van der Waals surface area (Å²) in [6.07, 6.45) is 1.09. The highest BCUT2D eigenvalue weighted by atomic mass is 14.1. The molecule has 0 fully saturated rings. The van der Waals surface area contributed by atoms with Crippen LogP contribution in [0, 0.1) is 6.92 Å². The minimum Gasteiger partial charge on any atom is -0.0683 e. The minimum absolute atomic E-state index is 1.09. The van der Waals surface area contributed by atoms with Crippen molar-refractivity contribution in [3.63, 3.8) is 0 Å². The van der Waals surface area contributed by atoms with Gasteiger partial charge >= 0.3 is 0 Å². The Morgan fingerprint density at radius 2 is 1.03 bits per heavy atom. The van der Waals surface area contributed by atoms with E-state index in [0.29, 0.717) is 0 Å². The molecule has 0 nitrogen and oxygen atoms in total. The van der Waals surface area contributed by atoms with Gasteiger partial charge in [0, 0.05) is 0 Å².